The van der Waals surface area contributed by atoms with E-state index in [0.29, 0.717) is 16.7 Å². The van der Waals surface area contributed by atoms with Crippen LogP contribution < -0.4 is 0 Å². The van der Waals surface area contributed by atoms with Gasteiger partial charge in [0.25, 0.3) is 0 Å². The predicted octanol–water partition coefficient (Wildman–Crippen LogP) is 1.96. The number of hydrogen-bond donors (Lipinski definition) is 1. The van der Waals surface area contributed by atoms with Gasteiger partial charge in [-0.3, -0.25) is 0 Å². The number of nitrogens with zero attached hydrogens (tertiary/aromatic N) is 2. The highest BCUT2D eigenvalue weighted by molar-refractivity contribution is 5.60. The molecule has 3 heteroatoms. The number of aliphatic hydroxyl groups is 1. The summed E-state index contributed by atoms with van der Waals surface area (Å²) in [5.41, 5.74) is 1.07. The molecular weight excluding hydrogens is 164 g/mol. The summed E-state index contributed by atoms with van der Waals surface area (Å²) in [5, 5.41) is 26.2. The van der Waals surface area contributed by atoms with Gasteiger partial charge in [-0.05, 0) is 18.2 Å². The zero-order valence-electron chi connectivity index (χ0n) is 6.78. The van der Waals surface area contributed by atoms with Crippen molar-refractivity contribution in [2.24, 2.45) is 0 Å². The molecule has 0 saturated carbocycles. The molecule has 0 aliphatic heterocycles. The first kappa shape index (κ1) is 8.83. The molecule has 0 atom stereocenters. The average Bonchev–Trinajstić information content (AvgIpc) is 2.16. The highest BCUT2D eigenvalue weighted by Gasteiger charge is 2.01. The maximum atomic E-state index is 9.05. The number of aliphatic hydroxyl groups excluding tert-OH is 1. The normalized spacial score (nSPS) is 8.46. The molecule has 0 amide bonds. The molecule has 3 nitrogen and oxygen atoms in total. The molecule has 1 aromatic rings. The van der Waals surface area contributed by atoms with Gasteiger partial charge >= 0.3 is 0 Å². The summed E-state index contributed by atoms with van der Waals surface area (Å²) in [4.78, 5) is 0. The van der Waals surface area contributed by atoms with E-state index in [4.69, 9.17) is 15.6 Å². The van der Waals surface area contributed by atoms with Crippen LogP contribution in [0.15, 0.2) is 24.8 Å². The van der Waals surface area contributed by atoms with Gasteiger partial charge in [-0.1, -0.05) is 6.58 Å². The van der Waals surface area contributed by atoms with Crippen LogP contribution >= 0.6 is 0 Å². The van der Waals surface area contributed by atoms with Crippen molar-refractivity contribution in [3.8, 4) is 12.1 Å². The molecule has 0 bridgehead atoms. The Morgan fingerprint density at radius 1 is 1.15 bits per heavy atom. The highest BCUT2D eigenvalue weighted by Crippen LogP contribution is 2.14. The van der Waals surface area contributed by atoms with Crippen molar-refractivity contribution in [1.29, 1.82) is 10.5 Å². The minimum atomic E-state index is -0.145. The summed E-state index contributed by atoms with van der Waals surface area (Å²) in [7, 11) is 0. The molecule has 62 valence electrons. The maximum Gasteiger partial charge on any atom is 0.115 e. The lowest BCUT2D eigenvalue weighted by Crippen LogP contribution is -1.86. The van der Waals surface area contributed by atoms with Gasteiger partial charge < -0.3 is 5.11 Å². The van der Waals surface area contributed by atoms with Crippen molar-refractivity contribution in [1.82, 2.24) is 0 Å². The van der Waals surface area contributed by atoms with E-state index >= 15 is 0 Å². The second-order valence-electron chi connectivity index (χ2n) is 2.47. The van der Waals surface area contributed by atoms with Crippen LogP contribution in [-0.4, -0.2) is 5.11 Å². The number of rotatable bonds is 1. The van der Waals surface area contributed by atoms with E-state index in [1.54, 1.807) is 0 Å². The average molecular weight is 170 g/mol. The Bertz CT molecular complexity index is 403. The van der Waals surface area contributed by atoms with Gasteiger partial charge in [-0.15, -0.1) is 0 Å². The molecule has 1 rings (SSSR count). The fourth-order valence-corrected chi connectivity index (χ4v) is 0.923. The molecule has 0 fully saturated rings. The quantitative estimate of drug-likeness (QED) is 0.655. The van der Waals surface area contributed by atoms with E-state index in [2.05, 4.69) is 6.58 Å². The van der Waals surface area contributed by atoms with Crippen molar-refractivity contribution in [2.75, 3.05) is 0 Å². The van der Waals surface area contributed by atoms with Crippen LogP contribution in [-0.2, 0) is 0 Å². The summed E-state index contributed by atoms with van der Waals surface area (Å²) in [6.45, 7) is 3.31. The van der Waals surface area contributed by atoms with Gasteiger partial charge in [0.2, 0.25) is 0 Å². The standard InChI is InChI=1S/C10H6N2O/c1-7(13)10-3-8(5-11)2-9(4-10)6-12/h2-4,13H,1H2. The minimum absolute atomic E-state index is 0.145. The van der Waals surface area contributed by atoms with Crippen molar-refractivity contribution < 1.29 is 5.11 Å². The first-order valence-electron chi connectivity index (χ1n) is 3.51. The minimum Gasteiger partial charge on any atom is -0.508 e. The third-order valence-electron chi connectivity index (χ3n) is 1.52. The summed E-state index contributed by atoms with van der Waals surface area (Å²) >= 11 is 0. The van der Waals surface area contributed by atoms with Crippen molar-refractivity contribution in [2.45, 2.75) is 0 Å². The second kappa shape index (κ2) is 3.42. The van der Waals surface area contributed by atoms with Crippen molar-refractivity contribution >= 4 is 5.76 Å². The molecule has 1 N–H and O–H groups in total. The smallest absolute Gasteiger partial charge is 0.115 e. The van der Waals surface area contributed by atoms with Crippen LogP contribution in [0.1, 0.15) is 16.7 Å². The Morgan fingerprint density at radius 2 is 1.62 bits per heavy atom. The van der Waals surface area contributed by atoms with E-state index in [9.17, 15) is 0 Å². The van der Waals surface area contributed by atoms with Gasteiger partial charge in [0.05, 0.1) is 23.3 Å². The topological polar surface area (TPSA) is 67.8 Å². The Balaban J connectivity index is 3.35. The summed E-state index contributed by atoms with van der Waals surface area (Å²) in [6, 6.07) is 8.19. The SMILES string of the molecule is C=C(O)c1cc(C#N)cc(C#N)c1. The third kappa shape index (κ3) is 1.85. The van der Waals surface area contributed by atoms with E-state index in [0.717, 1.165) is 0 Å². The monoisotopic (exact) mass is 170 g/mol. The van der Waals surface area contributed by atoms with E-state index in [1.165, 1.54) is 18.2 Å². The van der Waals surface area contributed by atoms with Crippen molar-refractivity contribution in [3.63, 3.8) is 0 Å². The van der Waals surface area contributed by atoms with Crippen molar-refractivity contribution in [3.05, 3.63) is 41.5 Å². The van der Waals surface area contributed by atoms with Crippen LogP contribution in [0.25, 0.3) is 5.76 Å². The van der Waals surface area contributed by atoms with Crippen LogP contribution in [0.3, 0.4) is 0 Å². The van der Waals surface area contributed by atoms with E-state index in [1.807, 2.05) is 12.1 Å². The first-order valence-corrected chi connectivity index (χ1v) is 3.51. The molecule has 0 spiro atoms. The number of hydrogen-bond acceptors (Lipinski definition) is 3. The summed E-state index contributed by atoms with van der Waals surface area (Å²) in [5.74, 6) is -0.145. The maximum absolute atomic E-state index is 9.05. The predicted molar refractivity (Wildman–Crippen MR) is 47.5 cm³/mol. The summed E-state index contributed by atoms with van der Waals surface area (Å²) < 4.78 is 0. The Hall–Kier alpha value is -2.26. The Kier molecular flexibility index (Phi) is 2.33. The molecule has 13 heavy (non-hydrogen) atoms. The zero-order chi connectivity index (χ0) is 9.84. The Labute approximate surface area is 75.8 Å². The lowest BCUT2D eigenvalue weighted by molar-refractivity contribution is 0.514. The van der Waals surface area contributed by atoms with Gasteiger partial charge in [0.15, 0.2) is 0 Å². The highest BCUT2D eigenvalue weighted by atomic mass is 16.3. The molecule has 0 unspecified atom stereocenters. The molecule has 0 aliphatic carbocycles. The fraction of sp³-hybridized carbons (Fsp3) is 0. The molecule has 0 radical (unpaired) electrons. The Morgan fingerprint density at radius 3 is 1.92 bits per heavy atom. The largest absolute Gasteiger partial charge is 0.508 e. The van der Waals surface area contributed by atoms with Gasteiger partial charge in [0.1, 0.15) is 5.76 Å². The lowest BCUT2D eigenvalue weighted by atomic mass is 10.1. The molecule has 0 aromatic heterocycles. The zero-order valence-corrected chi connectivity index (χ0v) is 6.78. The molecule has 0 heterocycles. The summed E-state index contributed by atoms with van der Waals surface area (Å²) in [6.07, 6.45) is 0. The third-order valence-corrected chi connectivity index (χ3v) is 1.52. The molecule has 0 saturated heterocycles. The lowest BCUT2D eigenvalue weighted by Gasteiger charge is -1.99. The molecule has 0 aliphatic rings. The number of nitriles is 2. The van der Waals surface area contributed by atoms with Gasteiger partial charge in [0, 0.05) is 5.56 Å². The van der Waals surface area contributed by atoms with Crippen LogP contribution in [0.2, 0.25) is 0 Å². The van der Waals surface area contributed by atoms with E-state index in [-0.39, 0.29) is 5.76 Å². The molecular formula is C10H6N2O. The molecule has 1 aromatic carbocycles. The van der Waals surface area contributed by atoms with Crippen LogP contribution in [0, 0.1) is 22.7 Å². The first-order chi connectivity index (χ1) is 6.17. The van der Waals surface area contributed by atoms with Crippen LogP contribution in [0.5, 0.6) is 0 Å². The van der Waals surface area contributed by atoms with Gasteiger partial charge in [-0.2, -0.15) is 10.5 Å². The van der Waals surface area contributed by atoms with Crippen LogP contribution in [0.4, 0.5) is 0 Å². The van der Waals surface area contributed by atoms with Gasteiger partial charge in [-0.25, -0.2) is 0 Å². The fourth-order valence-electron chi connectivity index (χ4n) is 0.923. The second-order valence-corrected chi connectivity index (χ2v) is 2.47. The number of benzene rings is 1. The van der Waals surface area contributed by atoms with E-state index < -0.39 is 0 Å².